The average molecular weight is 464 g/mol. The third-order valence-electron chi connectivity index (χ3n) is 4.87. The van der Waals surface area contributed by atoms with Gasteiger partial charge >= 0.3 is 11.9 Å². The second-order valence-electron chi connectivity index (χ2n) is 10.8. The van der Waals surface area contributed by atoms with Crippen molar-refractivity contribution in [3.8, 4) is 0 Å². The van der Waals surface area contributed by atoms with Crippen LogP contribution in [-0.2, 0) is 32.2 Å². The molecule has 2 rings (SSSR count). The van der Waals surface area contributed by atoms with E-state index in [1.165, 1.54) is 0 Å². The number of esters is 2. The first-order valence-corrected chi connectivity index (χ1v) is 11.5. The number of nitrogen functional groups attached to an aromatic ring is 1. The summed E-state index contributed by atoms with van der Waals surface area (Å²) in [5, 5.41) is 0. The lowest BCUT2D eigenvalue weighted by Gasteiger charge is -2.30. The topological polar surface area (TPSA) is 101 Å². The molecule has 0 fully saturated rings. The van der Waals surface area contributed by atoms with Crippen LogP contribution in [0.4, 0.5) is 5.69 Å². The molecule has 0 aromatic carbocycles. The van der Waals surface area contributed by atoms with Crippen LogP contribution in [-0.4, -0.2) is 89.1 Å². The first-order valence-electron chi connectivity index (χ1n) is 11.5. The van der Waals surface area contributed by atoms with E-state index in [0.29, 0.717) is 31.9 Å². The summed E-state index contributed by atoms with van der Waals surface area (Å²) in [6.07, 6.45) is 0. The fourth-order valence-electron chi connectivity index (χ4n) is 3.57. The van der Waals surface area contributed by atoms with Crippen molar-refractivity contribution in [2.75, 3.05) is 52.0 Å². The zero-order chi connectivity index (χ0) is 24.8. The number of carbonyl (C=O) groups is 2. The second-order valence-corrected chi connectivity index (χ2v) is 10.8. The zero-order valence-electron chi connectivity index (χ0n) is 21.3. The maximum atomic E-state index is 12.4. The molecule has 0 atom stereocenters. The van der Waals surface area contributed by atoms with Crippen molar-refractivity contribution < 1.29 is 19.1 Å². The van der Waals surface area contributed by atoms with Crippen molar-refractivity contribution in [1.82, 2.24) is 19.7 Å². The van der Waals surface area contributed by atoms with E-state index in [-0.39, 0.29) is 25.0 Å². The predicted molar refractivity (Wildman–Crippen MR) is 128 cm³/mol. The van der Waals surface area contributed by atoms with Gasteiger partial charge in [0.05, 0.1) is 24.5 Å². The van der Waals surface area contributed by atoms with Gasteiger partial charge in [-0.2, -0.15) is 0 Å². The van der Waals surface area contributed by atoms with Crippen LogP contribution in [0.5, 0.6) is 0 Å². The van der Waals surface area contributed by atoms with Gasteiger partial charge in [0.15, 0.2) is 0 Å². The van der Waals surface area contributed by atoms with Gasteiger partial charge in [-0.25, -0.2) is 0 Å². The monoisotopic (exact) mass is 463 g/mol. The Hall–Kier alpha value is -2.23. The van der Waals surface area contributed by atoms with Crippen LogP contribution in [0.25, 0.3) is 0 Å². The molecule has 1 aliphatic heterocycles. The third kappa shape index (κ3) is 11.0. The van der Waals surface area contributed by atoms with Crippen LogP contribution in [0.2, 0.25) is 0 Å². The molecule has 0 amide bonds. The smallest absolute Gasteiger partial charge is 0.320 e. The average Bonchev–Trinajstić information content (AvgIpc) is 2.59. The molecule has 0 aliphatic carbocycles. The summed E-state index contributed by atoms with van der Waals surface area (Å²) in [6, 6.07) is 3.67. The second kappa shape index (κ2) is 11.3. The van der Waals surface area contributed by atoms with Gasteiger partial charge in [-0.15, -0.1) is 0 Å². The van der Waals surface area contributed by atoms with Crippen LogP contribution in [0.15, 0.2) is 12.1 Å². The molecular formula is C24H41N5O4. The number of hydrogen-bond acceptors (Lipinski definition) is 9. The number of anilines is 1. The minimum absolute atomic E-state index is 0.182. The highest BCUT2D eigenvalue weighted by Gasteiger charge is 2.23. The molecule has 0 saturated carbocycles. The van der Waals surface area contributed by atoms with Crippen LogP contribution in [0.1, 0.15) is 52.9 Å². The maximum Gasteiger partial charge on any atom is 0.320 e. The summed E-state index contributed by atoms with van der Waals surface area (Å²) in [5.74, 6) is -0.519. The van der Waals surface area contributed by atoms with E-state index in [1.807, 2.05) is 70.5 Å². The molecule has 0 unspecified atom stereocenters. The lowest BCUT2D eigenvalue weighted by atomic mass is 10.2. The zero-order valence-corrected chi connectivity index (χ0v) is 21.3. The fraction of sp³-hybridized carbons (Fsp3) is 0.708. The van der Waals surface area contributed by atoms with Gasteiger partial charge in [-0.05, 0) is 60.7 Å². The molecule has 2 heterocycles. The molecule has 1 aliphatic rings. The largest absolute Gasteiger partial charge is 0.459 e. The molecule has 1 aromatic rings. The fourth-order valence-corrected chi connectivity index (χ4v) is 3.57. The number of nitrogens with two attached hydrogens (primary N) is 1. The van der Waals surface area contributed by atoms with E-state index in [1.54, 1.807) is 0 Å². The summed E-state index contributed by atoms with van der Waals surface area (Å²) in [4.78, 5) is 35.9. The van der Waals surface area contributed by atoms with E-state index >= 15 is 0 Å². The quantitative estimate of drug-likeness (QED) is 0.671. The van der Waals surface area contributed by atoms with Gasteiger partial charge in [0, 0.05) is 45.0 Å². The molecule has 9 nitrogen and oxygen atoms in total. The molecular weight excluding hydrogens is 422 g/mol. The maximum absolute atomic E-state index is 12.4. The van der Waals surface area contributed by atoms with E-state index in [2.05, 4.69) is 4.90 Å². The normalized spacial score (nSPS) is 17.7. The van der Waals surface area contributed by atoms with Gasteiger partial charge in [-0.3, -0.25) is 24.4 Å². The number of nitrogens with zero attached hydrogens (tertiary/aromatic N) is 4. The summed E-state index contributed by atoms with van der Waals surface area (Å²) in [7, 11) is 2.04. The van der Waals surface area contributed by atoms with Crippen molar-refractivity contribution in [3.63, 3.8) is 0 Å². The Morgan fingerprint density at radius 1 is 0.848 bits per heavy atom. The first-order chi connectivity index (χ1) is 15.2. The first kappa shape index (κ1) is 27.0. The molecule has 0 spiro atoms. The molecule has 186 valence electrons. The Morgan fingerprint density at radius 2 is 1.24 bits per heavy atom. The number of hydrogen-bond donors (Lipinski definition) is 1. The Labute approximate surface area is 198 Å². The van der Waals surface area contributed by atoms with Crippen LogP contribution < -0.4 is 5.73 Å². The highest BCUT2D eigenvalue weighted by Crippen LogP contribution is 2.15. The Bertz CT molecular complexity index is 754. The number of likely N-dealkylation sites (N-methyl/N-ethyl adjacent to an activating group) is 1. The third-order valence-corrected chi connectivity index (χ3v) is 4.87. The van der Waals surface area contributed by atoms with Gasteiger partial charge in [0.1, 0.15) is 11.2 Å². The highest BCUT2D eigenvalue weighted by atomic mass is 16.6. The molecule has 0 saturated heterocycles. The van der Waals surface area contributed by atoms with Crippen molar-refractivity contribution in [2.24, 2.45) is 0 Å². The number of ether oxygens (including phenoxy) is 2. The van der Waals surface area contributed by atoms with Crippen molar-refractivity contribution in [1.29, 1.82) is 0 Å². The highest BCUT2D eigenvalue weighted by molar-refractivity contribution is 5.72. The Kier molecular flexibility index (Phi) is 9.22. The summed E-state index contributed by atoms with van der Waals surface area (Å²) >= 11 is 0. The number of fused-ring (bicyclic) bond motifs is 2. The molecule has 9 heteroatoms. The molecule has 2 bridgehead atoms. The summed E-state index contributed by atoms with van der Waals surface area (Å²) < 4.78 is 11.0. The van der Waals surface area contributed by atoms with Crippen LogP contribution in [0.3, 0.4) is 0 Å². The van der Waals surface area contributed by atoms with Gasteiger partial charge < -0.3 is 20.1 Å². The van der Waals surface area contributed by atoms with Crippen LogP contribution in [0, 0.1) is 0 Å². The minimum Gasteiger partial charge on any atom is -0.459 e. The number of carbonyl (C=O) groups excluding carboxylic acids is 2. The van der Waals surface area contributed by atoms with Crippen molar-refractivity contribution in [2.45, 2.75) is 65.8 Å². The molecule has 0 radical (unpaired) electrons. The lowest BCUT2D eigenvalue weighted by molar-refractivity contribution is -0.157. The Morgan fingerprint density at radius 3 is 1.61 bits per heavy atom. The van der Waals surface area contributed by atoms with E-state index in [4.69, 9.17) is 20.2 Å². The van der Waals surface area contributed by atoms with E-state index in [0.717, 1.165) is 24.5 Å². The number of pyridine rings is 1. The molecule has 33 heavy (non-hydrogen) atoms. The minimum atomic E-state index is -0.527. The van der Waals surface area contributed by atoms with Gasteiger partial charge in [0.25, 0.3) is 0 Å². The Balaban J connectivity index is 2.20. The van der Waals surface area contributed by atoms with Crippen molar-refractivity contribution >= 4 is 17.6 Å². The molecule has 1 aromatic heterocycles. The molecule has 2 N–H and O–H groups in total. The lowest BCUT2D eigenvalue weighted by Crippen LogP contribution is -2.42. The summed E-state index contributed by atoms with van der Waals surface area (Å²) in [6.45, 7) is 15.4. The standard InChI is InChI=1S/C24H41N5O4/c1-23(2,3)32-21(30)16-28-10-8-27(7)9-11-29(17-22(31)33-24(4,5)6)15-20-13-18(25)12-19(14-28)26-20/h12-13H,8-11,14-17H2,1-7H3,(H2,25,26). The van der Waals surface area contributed by atoms with Crippen LogP contribution >= 0.6 is 0 Å². The van der Waals surface area contributed by atoms with Crippen molar-refractivity contribution in [3.05, 3.63) is 23.5 Å². The predicted octanol–water partition coefficient (Wildman–Crippen LogP) is 1.90. The van der Waals surface area contributed by atoms with E-state index < -0.39 is 11.2 Å². The van der Waals surface area contributed by atoms with E-state index in [9.17, 15) is 9.59 Å². The number of rotatable bonds is 4. The SMILES string of the molecule is CN1CCN(CC(=O)OC(C)(C)C)Cc2cc(N)cc(n2)CN(CC(=O)OC(C)(C)C)CC1. The van der Waals surface area contributed by atoms with Gasteiger partial charge in [0.2, 0.25) is 0 Å². The summed E-state index contributed by atoms with van der Waals surface area (Å²) in [5.41, 5.74) is 7.29. The van der Waals surface area contributed by atoms with Gasteiger partial charge in [-0.1, -0.05) is 0 Å². The number of aromatic nitrogens is 1.